The van der Waals surface area contributed by atoms with Crippen molar-refractivity contribution in [1.82, 2.24) is 5.32 Å². The first-order chi connectivity index (χ1) is 32.2. The van der Waals surface area contributed by atoms with E-state index in [1.807, 2.05) is 18.2 Å². The molecule has 11 heteroatoms. The summed E-state index contributed by atoms with van der Waals surface area (Å²) in [4.78, 5) is 25.0. The molecule has 0 radical (unpaired) electrons. The van der Waals surface area contributed by atoms with Crippen LogP contribution in [0.1, 0.15) is 213 Å². The van der Waals surface area contributed by atoms with E-state index in [4.69, 9.17) is 14.2 Å². The van der Waals surface area contributed by atoms with Crippen LogP contribution in [0, 0.1) is 0 Å². The number of esters is 1. The highest BCUT2D eigenvalue weighted by molar-refractivity contribution is 5.76. The van der Waals surface area contributed by atoms with Crippen LogP contribution in [0.25, 0.3) is 0 Å². The molecule has 7 atom stereocenters. The number of unbranched alkanes of at least 4 members (excludes halogenated alkanes) is 22. The maximum atomic E-state index is 13.0. The smallest absolute Gasteiger partial charge is 0.305 e. The van der Waals surface area contributed by atoms with E-state index in [1.54, 1.807) is 6.08 Å². The fourth-order valence-electron chi connectivity index (χ4n) is 7.77. The number of nitrogens with one attached hydrogen (secondary N) is 1. The van der Waals surface area contributed by atoms with Crippen molar-refractivity contribution in [1.29, 1.82) is 0 Å². The lowest BCUT2D eigenvalue weighted by atomic mass is 9.99. The first kappa shape index (κ1) is 61.4. The van der Waals surface area contributed by atoms with Gasteiger partial charge in [-0.1, -0.05) is 177 Å². The van der Waals surface area contributed by atoms with E-state index in [0.717, 1.165) is 70.6 Å². The van der Waals surface area contributed by atoms with Gasteiger partial charge in [0.2, 0.25) is 5.91 Å². The van der Waals surface area contributed by atoms with Crippen molar-refractivity contribution in [2.75, 3.05) is 19.8 Å². The molecule has 1 fully saturated rings. The predicted molar refractivity (Wildman–Crippen MR) is 269 cm³/mol. The second kappa shape index (κ2) is 44.8. The summed E-state index contributed by atoms with van der Waals surface area (Å²) in [7, 11) is 0. The molecule has 1 rings (SSSR count). The molecule has 0 spiro atoms. The lowest BCUT2D eigenvalue weighted by Crippen LogP contribution is -2.60. The maximum absolute atomic E-state index is 13.0. The number of rotatable bonds is 44. The normalized spacial score (nSPS) is 20.1. The zero-order valence-electron chi connectivity index (χ0n) is 41.6. The van der Waals surface area contributed by atoms with Crippen molar-refractivity contribution >= 4 is 11.9 Å². The third-order valence-electron chi connectivity index (χ3n) is 12.1. The highest BCUT2D eigenvalue weighted by Gasteiger charge is 2.44. The zero-order chi connectivity index (χ0) is 48.1. The fraction of sp³-hybridized carbons (Fsp3) is 0.782. The third kappa shape index (κ3) is 34.6. The fourth-order valence-corrected chi connectivity index (χ4v) is 7.77. The van der Waals surface area contributed by atoms with E-state index in [2.05, 4.69) is 55.6 Å². The van der Waals surface area contributed by atoms with Gasteiger partial charge in [-0.15, -0.1) is 0 Å². The van der Waals surface area contributed by atoms with Crippen LogP contribution >= 0.6 is 0 Å². The number of carbonyl (C=O) groups excluding carboxylic acids is 2. The standard InChI is InChI=1S/C55H97NO10/c1-3-5-7-9-11-13-15-16-18-22-25-29-33-37-41-48(58)47(46-65-55-54(63)53(62)52(61)49(45-57)66-55)56-50(59)42-38-34-30-26-23-19-17-20-24-28-32-36-40-44-64-51(60)43-39-35-31-27-21-14-12-10-8-6-4-2/h10,12,19,22-23,25,30,34,37,41,47-49,52-55,57-58,61-63H,3-9,11,13-18,20-21,24,26-29,31-33,35-36,38-40,42-46H2,1-2H3,(H,56,59)/b12-10-,23-19-,25-22+,34-30-,41-37+. The Hall–Kier alpha value is -2.64. The van der Waals surface area contributed by atoms with E-state index in [0.29, 0.717) is 19.4 Å². The number of amides is 1. The van der Waals surface area contributed by atoms with Crippen molar-refractivity contribution in [2.24, 2.45) is 0 Å². The molecule has 0 aromatic carbocycles. The summed E-state index contributed by atoms with van der Waals surface area (Å²) in [6.45, 7) is 4.17. The molecule has 66 heavy (non-hydrogen) atoms. The van der Waals surface area contributed by atoms with E-state index in [1.165, 1.54) is 109 Å². The molecule has 11 nitrogen and oxygen atoms in total. The molecule has 0 aliphatic carbocycles. The van der Waals surface area contributed by atoms with E-state index >= 15 is 0 Å². The average Bonchev–Trinajstić information content (AvgIpc) is 3.31. The van der Waals surface area contributed by atoms with Gasteiger partial charge in [-0.2, -0.15) is 0 Å². The molecule has 382 valence electrons. The van der Waals surface area contributed by atoms with Gasteiger partial charge in [0.05, 0.1) is 32.0 Å². The number of hydrogen-bond donors (Lipinski definition) is 6. The number of allylic oxidation sites excluding steroid dienone is 9. The summed E-state index contributed by atoms with van der Waals surface area (Å²) in [6.07, 6.45) is 45.9. The van der Waals surface area contributed by atoms with Crippen LogP contribution < -0.4 is 5.32 Å². The summed E-state index contributed by atoms with van der Waals surface area (Å²) in [5.74, 6) is -0.327. The average molecular weight is 932 g/mol. The van der Waals surface area contributed by atoms with Crippen LogP contribution in [0.5, 0.6) is 0 Å². The Bertz CT molecular complexity index is 1280. The van der Waals surface area contributed by atoms with Gasteiger partial charge in [-0.25, -0.2) is 0 Å². The van der Waals surface area contributed by atoms with E-state index in [9.17, 15) is 35.1 Å². The lowest BCUT2D eigenvalue weighted by Gasteiger charge is -2.40. The highest BCUT2D eigenvalue weighted by atomic mass is 16.7. The van der Waals surface area contributed by atoms with Gasteiger partial charge in [0.25, 0.3) is 0 Å². The molecule has 0 aromatic heterocycles. The molecule has 1 aliphatic heterocycles. The van der Waals surface area contributed by atoms with Crippen molar-refractivity contribution in [3.8, 4) is 0 Å². The number of aliphatic hydroxyl groups excluding tert-OH is 5. The number of aliphatic hydroxyl groups is 5. The molecule has 1 heterocycles. The Labute approximate surface area is 401 Å². The molecule has 1 saturated heterocycles. The summed E-state index contributed by atoms with van der Waals surface area (Å²) < 4.78 is 16.6. The molecular weight excluding hydrogens is 835 g/mol. The third-order valence-corrected chi connectivity index (χ3v) is 12.1. The van der Waals surface area contributed by atoms with Gasteiger partial charge in [0, 0.05) is 12.8 Å². The summed E-state index contributed by atoms with van der Waals surface area (Å²) in [5, 5.41) is 54.2. The van der Waals surface area contributed by atoms with Crippen LogP contribution in [0.3, 0.4) is 0 Å². The largest absolute Gasteiger partial charge is 0.466 e. The molecular formula is C55H97NO10. The summed E-state index contributed by atoms with van der Waals surface area (Å²) in [5.41, 5.74) is 0. The lowest BCUT2D eigenvalue weighted by molar-refractivity contribution is -0.302. The highest BCUT2D eigenvalue weighted by Crippen LogP contribution is 2.22. The van der Waals surface area contributed by atoms with Gasteiger partial charge in [0.1, 0.15) is 24.4 Å². The molecule has 7 unspecified atom stereocenters. The van der Waals surface area contributed by atoms with Crippen LogP contribution in [0.4, 0.5) is 0 Å². The SMILES string of the molecule is CCCC/C=C\CCCCCCCC(=O)OCCCCCCCC/C=C\C/C=C\CCC(=O)NC(COC1OC(CO)C(O)C(O)C1O)C(O)/C=C/CC/C=C/CCCCCCCCCC. The van der Waals surface area contributed by atoms with E-state index < -0.39 is 49.5 Å². The van der Waals surface area contributed by atoms with Crippen LogP contribution in [-0.2, 0) is 23.8 Å². The Kier molecular flexibility index (Phi) is 41.7. The molecule has 6 N–H and O–H groups in total. The number of hydrogen-bond acceptors (Lipinski definition) is 10. The second-order valence-corrected chi connectivity index (χ2v) is 18.2. The minimum atomic E-state index is -1.59. The van der Waals surface area contributed by atoms with Gasteiger partial charge < -0.3 is 45.1 Å². The van der Waals surface area contributed by atoms with Crippen LogP contribution in [0.2, 0.25) is 0 Å². The Morgan fingerprint density at radius 2 is 1.06 bits per heavy atom. The number of carbonyl (C=O) groups is 2. The van der Waals surface area contributed by atoms with Crippen molar-refractivity contribution in [3.05, 3.63) is 60.8 Å². The van der Waals surface area contributed by atoms with Gasteiger partial charge >= 0.3 is 5.97 Å². The number of ether oxygens (including phenoxy) is 3. The summed E-state index contributed by atoms with van der Waals surface area (Å²) in [6, 6.07) is -0.873. The minimum absolute atomic E-state index is 0.0525. The first-order valence-corrected chi connectivity index (χ1v) is 26.6. The van der Waals surface area contributed by atoms with Crippen LogP contribution in [0.15, 0.2) is 60.8 Å². The monoisotopic (exact) mass is 932 g/mol. The van der Waals surface area contributed by atoms with Gasteiger partial charge in [0.15, 0.2) is 6.29 Å². The van der Waals surface area contributed by atoms with Crippen LogP contribution in [-0.4, -0.2) is 100 Å². The molecule has 0 bridgehead atoms. The van der Waals surface area contributed by atoms with Gasteiger partial charge in [-0.3, -0.25) is 9.59 Å². The summed E-state index contributed by atoms with van der Waals surface area (Å²) >= 11 is 0. The van der Waals surface area contributed by atoms with Gasteiger partial charge in [-0.05, 0) is 83.5 Å². The van der Waals surface area contributed by atoms with E-state index in [-0.39, 0.29) is 24.9 Å². The maximum Gasteiger partial charge on any atom is 0.305 e. The molecule has 0 saturated carbocycles. The Morgan fingerprint density at radius 1 is 0.561 bits per heavy atom. The molecule has 0 aromatic rings. The minimum Gasteiger partial charge on any atom is -0.466 e. The Morgan fingerprint density at radius 3 is 1.67 bits per heavy atom. The Balaban J connectivity index is 2.28. The predicted octanol–water partition coefficient (Wildman–Crippen LogP) is 11.1. The topological polar surface area (TPSA) is 175 Å². The zero-order valence-corrected chi connectivity index (χ0v) is 41.6. The van der Waals surface area contributed by atoms with Crippen molar-refractivity contribution in [2.45, 2.75) is 256 Å². The van der Waals surface area contributed by atoms with Crippen molar-refractivity contribution in [3.63, 3.8) is 0 Å². The molecule has 1 aliphatic rings. The quantitative estimate of drug-likeness (QED) is 0.0196. The first-order valence-electron chi connectivity index (χ1n) is 26.6. The second-order valence-electron chi connectivity index (χ2n) is 18.2. The molecule has 1 amide bonds. The van der Waals surface area contributed by atoms with Crippen molar-refractivity contribution < 1.29 is 49.3 Å².